The van der Waals surface area contributed by atoms with Gasteiger partial charge in [-0.2, -0.15) is 0 Å². The number of aromatic nitrogens is 2. The standard InChI is InChI=1S/C7H16.C4H4N2O2/c1-3-5-7-6-4-2;7-3-1-2-5-4(8)6-3/h3-7H2,1-2H3;1-2H,(H2,5,6,7,8). The summed E-state index contributed by atoms with van der Waals surface area (Å²) in [7, 11) is 0. The minimum Gasteiger partial charge on any atom is -0.314 e. The molecule has 0 amide bonds. The molecule has 4 nitrogen and oxygen atoms in total. The number of rotatable bonds is 4. The summed E-state index contributed by atoms with van der Waals surface area (Å²) in [6.07, 6.45) is 8.30. The van der Waals surface area contributed by atoms with Crippen molar-refractivity contribution in [2.24, 2.45) is 0 Å². The van der Waals surface area contributed by atoms with Crippen molar-refractivity contribution in [2.45, 2.75) is 46.0 Å². The zero-order valence-electron chi connectivity index (χ0n) is 9.51. The lowest BCUT2D eigenvalue weighted by Gasteiger charge is -1.90. The fraction of sp³-hybridized carbons (Fsp3) is 0.636. The lowest BCUT2D eigenvalue weighted by atomic mass is 10.2. The number of hydrogen-bond donors (Lipinski definition) is 2. The maximum atomic E-state index is 10.2. The van der Waals surface area contributed by atoms with E-state index in [1.54, 1.807) is 0 Å². The maximum Gasteiger partial charge on any atom is 0.325 e. The van der Waals surface area contributed by atoms with Gasteiger partial charge in [-0.3, -0.25) is 9.78 Å². The molecule has 0 aliphatic heterocycles. The second kappa shape index (κ2) is 9.24. The monoisotopic (exact) mass is 212 g/mol. The molecule has 4 heteroatoms. The Morgan fingerprint density at radius 1 is 1.07 bits per heavy atom. The number of H-pyrrole nitrogens is 2. The van der Waals surface area contributed by atoms with Crippen molar-refractivity contribution in [1.29, 1.82) is 0 Å². The number of unbranched alkanes of at least 4 members (excludes halogenated alkanes) is 4. The molecule has 0 unspecified atom stereocenters. The molecule has 1 heterocycles. The molecule has 0 aliphatic rings. The fourth-order valence-corrected chi connectivity index (χ4v) is 1.06. The van der Waals surface area contributed by atoms with E-state index in [1.165, 1.54) is 44.4 Å². The van der Waals surface area contributed by atoms with Gasteiger partial charge in [0.05, 0.1) is 0 Å². The van der Waals surface area contributed by atoms with Gasteiger partial charge >= 0.3 is 5.69 Å². The Hall–Kier alpha value is -1.32. The molecule has 0 aromatic carbocycles. The topological polar surface area (TPSA) is 65.7 Å². The van der Waals surface area contributed by atoms with E-state index in [2.05, 4.69) is 18.8 Å². The summed E-state index contributed by atoms with van der Waals surface area (Å²) in [6, 6.07) is 1.24. The quantitative estimate of drug-likeness (QED) is 0.750. The van der Waals surface area contributed by atoms with Crippen molar-refractivity contribution in [3.63, 3.8) is 0 Å². The number of aromatic amines is 2. The van der Waals surface area contributed by atoms with Crippen LogP contribution in [0.5, 0.6) is 0 Å². The van der Waals surface area contributed by atoms with Crippen LogP contribution in [0, 0.1) is 0 Å². The number of nitrogens with one attached hydrogen (secondary N) is 2. The predicted molar refractivity (Wildman–Crippen MR) is 62.1 cm³/mol. The molecular weight excluding hydrogens is 192 g/mol. The van der Waals surface area contributed by atoms with E-state index in [-0.39, 0.29) is 5.56 Å². The van der Waals surface area contributed by atoms with Gasteiger partial charge in [0, 0.05) is 12.3 Å². The Kier molecular flexibility index (Phi) is 8.43. The third-order valence-corrected chi connectivity index (χ3v) is 1.89. The molecule has 1 aromatic heterocycles. The summed E-state index contributed by atoms with van der Waals surface area (Å²) in [5, 5.41) is 0. The lowest BCUT2D eigenvalue weighted by Crippen LogP contribution is -2.19. The highest BCUT2D eigenvalue weighted by Gasteiger charge is 1.80. The molecule has 0 saturated carbocycles. The van der Waals surface area contributed by atoms with Crippen LogP contribution in [0.15, 0.2) is 21.9 Å². The lowest BCUT2D eigenvalue weighted by molar-refractivity contribution is 0.656. The van der Waals surface area contributed by atoms with Gasteiger partial charge in [0.2, 0.25) is 0 Å². The molecular formula is C11H20N2O2. The predicted octanol–water partition coefficient (Wildman–Crippen LogP) is 2.04. The highest BCUT2D eigenvalue weighted by atomic mass is 16.2. The molecule has 0 atom stereocenters. The van der Waals surface area contributed by atoms with Crippen LogP contribution in [0.4, 0.5) is 0 Å². The summed E-state index contributed by atoms with van der Waals surface area (Å²) in [5.41, 5.74) is -0.855. The molecule has 2 N–H and O–H groups in total. The molecule has 86 valence electrons. The Morgan fingerprint density at radius 3 is 2.00 bits per heavy atom. The van der Waals surface area contributed by atoms with E-state index in [0.29, 0.717) is 0 Å². The zero-order valence-corrected chi connectivity index (χ0v) is 9.51. The van der Waals surface area contributed by atoms with Gasteiger partial charge in [-0.1, -0.05) is 46.0 Å². The average Bonchev–Trinajstić information content (AvgIpc) is 2.19. The molecule has 1 rings (SSSR count). The van der Waals surface area contributed by atoms with Gasteiger partial charge in [-0.25, -0.2) is 4.79 Å². The largest absolute Gasteiger partial charge is 0.325 e. The van der Waals surface area contributed by atoms with Crippen LogP contribution in [0.3, 0.4) is 0 Å². The fourth-order valence-electron chi connectivity index (χ4n) is 1.06. The first-order chi connectivity index (χ1) is 7.20. The van der Waals surface area contributed by atoms with Crippen molar-refractivity contribution < 1.29 is 0 Å². The summed E-state index contributed by atoms with van der Waals surface area (Å²) in [4.78, 5) is 24.7. The first kappa shape index (κ1) is 13.7. The van der Waals surface area contributed by atoms with Gasteiger partial charge in [0.25, 0.3) is 5.56 Å². The molecule has 15 heavy (non-hydrogen) atoms. The minimum absolute atomic E-state index is 0.381. The van der Waals surface area contributed by atoms with E-state index in [1.807, 2.05) is 4.98 Å². The van der Waals surface area contributed by atoms with E-state index < -0.39 is 5.69 Å². The van der Waals surface area contributed by atoms with Crippen molar-refractivity contribution in [2.75, 3.05) is 0 Å². The SMILES string of the molecule is CCCCCCC.O=c1cc[nH]c(=O)[nH]1. The van der Waals surface area contributed by atoms with Crippen LogP contribution < -0.4 is 11.2 Å². The van der Waals surface area contributed by atoms with Crippen molar-refractivity contribution in [1.82, 2.24) is 9.97 Å². The van der Waals surface area contributed by atoms with Gasteiger partial charge in [0.1, 0.15) is 0 Å². The normalized spacial score (nSPS) is 9.20. The molecule has 0 spiro atoms. The Labute approximate surface area is 89.8 Å². The second-order valence-corrected chi connectivity index (χ2v) is 3.36. The van der Waals surface area contributed by atoms with E-state index in [0.717, 1.165) is 0 Å². The van der Waals surface area contributed by atoms with E-state index in [9.17, 15) is 9.59 Å². The van der Waals surface area contributed by atoms with Crippen LogP contribution in [-0.4, -0.2) is 9.97 Å². The first-order valence-electron chi connectivity index (χ1n) is 5.48. The van der Waals surface area contributed by atoms with Crippen LogP contribution in [-0.2, 0) is 0 Å². The Morgan fingerprint density at radius 2 is 1.67 bits per heavy atom. The molecule has 1 aromatic rings. The van der Waals surface area contributed by atoms with Gasteiger partial charge in [0.15, 0.2) is 0 Å². The summed E-state index contributed by atoms with van der Waals surface area (Å²) < 4.78 is 0. The van der Waals surface area contributed by atoms with Gasteiger partial charge < -0.3 is 4.98 Å². The average molecular weight is 212 g/mol. The van der Waals surface area contributed by atoms with Crippen LogP contribution in [0.2, 0.25) is 0 Å². The van der Waals surface area contributed by atoms with Crippen LogP contribution in [0.25, 0.3) is 0 Å². The molecule has 0 radical (unpaired) electrons. The van der Waals surface area contributed by atoms with Crippen molar-refractivity contribution in [3.8, 4) is 0 Å². The molecule has 0 bridgehead atoms. The third-order valence-electron chi connectivity index (χ3n) is 1.89. The summed E-state index contributed by atoms with van der Waals surface area (Å²) >= 11 is 0. The van der Waals surface area contributed by atoms with Crippen molar-refractivity contribution >= 4 is 0 Å². The van der Waals surface area contributed by atoms with Crippen molar-refractivity contribution in [3.05, 3.63) is 33.1 Å². The summed E-state index contributed by atoms with van der Waals surface area (Å²) in [5.74, 6) is 0. The summed E-state index contributed by atoms with van der Waals surface area (Å²) in [6.45, 7) is 4.49. The maximum absolute atomic E-state index is 10.2. The Bertz CT molecular complexity index is 311. The smallest absolute Gasteiger partial charge is 0.314 e. The van der Waals surface area contributed by atoms with E-state index in [4.69, 9.17) is 0 Å². The zero-order chi connectivity index (χ0) is 11.5. The van der Waals surface area contributed by atoms with Crippen LogP contribution >= 0.6 is 0 Å². The minimum atomic E-state index is -0.475. The van der Waals surface area contributed by atoms with Crippen LogP contribution in [0.1, 0.15) is 46.0 Å². The first-order valence-corrected chi connectivity index (χ1v) is 5.48. The number of hydrogen-bond acceptors (Lipinski definition) is 2. The molecule has 0 aliphatic carbocycles. The van der Waals surface area contributed by atoms with Gasteiger partial charge in [-0.15, -0.1) is 0 Å². The molecule has 0 saturated heterocycles. The van der Waals surface area contributed by atoms with E-state index >= 15 is 0 Å². The van der Waals surface area contributed by atoms with Gasteiger partial charge in [-0.05, 0) is 0 Å². The highest BCUT2D eigenvalue weighted by molar-refractivity contribution is 4.77. The third kappa shape index (κ3) is 9.00. The second-order valence-electron chi connectivity index (χ2n) is 3.36. The Balaban J connectivity index is 0.000000265. The highest BCUT2D eigenvalue weighted by Crippen LogP contribution is 2.00. The molecule has 0 fully saturated rings.